The number of benzene rings is 2. The fourth-order valence-electron chi connectivity index (χ4n) is 4.28. The van der Waals surface area contributed by atoms with E-state index in [1.165, 1.54) is 5.56 Å². The van der Waals surface area contributed by atoms with E-state index in [2.05, 4.69) is 80.6 Å². The zero-order chi connectivity index (χ0) is 21.9. The molecule has 5 nitrogen and oxygen atoms in total. The molecule has 0 amide bonds. The van der Waals surface area contributed by atoms with Gasteiger partial charge < -0.3 is 19.5 Å². The van der Waals surface area contributed by atoms with Crippen molar-refractivity contribution < 1.29 is 4.74 Å². The Hall–Kier alpha value is -3.64. The van der Waals surface area contributed by atoms with Gasteiger partial charge in [0, 0.05) is 30.3 Å². The van der Waals surface area contributed by atoms with E-state index in [0.717, 1.165) is 27.9 Å². The molecule has 6 heteroatoms. The minimum absolute atomic E-state index is 0.0188. The SMILES string of the molecule is COc1ccc(CN2C(=S)N[C@H](c3ccccn3)[C@H]2c2cccn2-c2ccccc2)cc1. The van der Waals surface area contributed by atoms with Crippen molar-refractivity contribution >= 4 is 17.3 Å². The van der Waals surface area contributed by atoms with Gasteiger partial charge in [-0.25, -0.2) is 0 Å². The van der Waals surface area contributed by atoms with E-state index in [-0.39, 0.29) is 12.1 Å². The number of nitrogens with one attached hydrogen (secondary N) is 1. The Morgan fingerprint density at radius 2 is 1.72 bits per heavy atom. The van der Waals surface area contributed by atoms with Gasteiger partial charge in [0.25, 0.3) is 0 Å². The Balaban J connectivity index is 1.57. The molecule has 2 aromatic heterocycles. The van der Waals surface area contributed by atoms with Gasteiger partial charge in [-0.2, -0.15) is 0 Å². The molecule has 160 valence electrons. The summed E-state index contributed by atoms with van der Waals surface area (Å²) < 4.78 is 7.55. The van der Waals surface area contributed by atoms with E-state index in [1.807, 2.05) is 36.5 Å². The molecule has 0 saturated carbocycles. The Morgan fingerprint density at radius 1 is 0.938 bits per heavy atom. The van der Waals surface area contributed by atoms with Crippen LogP contribution in [-0.4, -0.2) is 26.7 Å². The molecule has 32 heavy (non-hydrogen) atoms. The van der Waals surface area contributed by atoms with Crippen LogP contribution in [0.25, 0.3) is 5.69 Å². The molecule has 0 radical (unpaired) electrons. The molecule has 1 aliphatic rings. The van der Waals surface area contributed by atoms with Crippen molar-refractivity contribution in [2.45, 2.75) is 18.6 Å². The Labute approximate surface area is 193 Å². The molecule has 1 fully saturated rings. The van der Waals surface area contributed by atoms with Crippen molar-refractivity contribution in [1.29, 1.82) is 0 Å². The summed E-state index contributed by atoms with van der Waals surface area (Å²) in [5, 5.41) is 4.26. The smallest absolute Gasteiger partial charge is 0.170 e. The summed E-state index contributed by atoms with van der Waals surface area (Å²) in [5.74, 6) is 0.844. The quantitative estimate of drug-likeness (QED) is 0.425. The maximum Gasteiger partial charge on any atom is 0.170 e. The lowest BCUT2D eigenvalue weighted by atomic mass is 10.0. The number of para-hydroxylation sites is 1. The summed E-state index contributed by atoms with van der Waals surface area (Å²) in [5.41, 5.74) is 4.42. The highest BCUT2D eigenvalue weighted by Crippen LogP contribution is 2.40. The monoisotopic (exact) mass is 440 g/mol. The summed E-state index contributed by atoms with van der Waals surface area (Å²) in [6.07, 6.45) is 3.94. The van der Waals surface area contributed by atoms with Crippen LogP contribution in [0.15, 0.2) is 97.3 Å². The van der Waals surface area contributed by atoms with E-state index in [4.69, 9.17) is 17.0 Å². The van der Waals surface area contributed by atoms with Crippen LogP contribution >= 0.6 is 12.2 Å². The van der Waals surface area contributed by atoms with Gasteiger partial charge in [0.2, 0.25) is 0 Å². The third-order valence-electron chi connectivity index (χ3n) is 5.83. The first-order valence-corrected chi connectivity index (χ1v) is 11.0. The molecule has 1 N–H and O–H groups in total. The number of ether oxygens (including phenoxy) is 1. The van der Waals surface area contributed by atoms with Crippen LogP contribution in [0.1, 0.15) is 29.0 Å². The maximum absolute atomic E-state index is 5.83. The molecule has 0 bridgehead atoms. The number of aromatic nitrogens is 2. The molecular weight excluding hydrogens is 416 g/mol. The van der Waals surface area contributed by atoms with E-state index in [0.29, 0.717) is 6.54 Å². The summed E-state index contributed by atoms with van der Waals surface area (Å²) in [6, 6.07) is 28.7. The van der Waals surface area contributed by atoms with Crippen LogP contribution in [0.4, 0.5) is 0 Å². The van der Waals surface area contributed by atoms with Crippen molar-refractivity contribution in [3.05, 3.63) is 114 Å². The topological polar surface area (TPSA) is 42.3 Å². The molecule has 4 aromatic rings. The molecule has 1 aliphatic heterocycles. The molecule has 1 saturated heterocycles. The van der Waals surface area contributed by atoms with Gasteiger partial charge in [-0.1, -0.05) is 36.4 Å². The summed E-state index contributed by atoms with van der Waals surface area (Å²) >= 11 is 5.83. The number of methoxy groups -OCH3 is 1. The predicted molar refractivity (Wildman–Crippen MR) is 130 cm³/mol. The normalized spacial score (nSPS) is 17.9. The summed E-state index contributed by atoms with van der Waals surface area (Å²) in [4.78, 5) is 6.90. The Morgan fingerprint density at radius 3 is 2.44 bits per heavy atom. The third-order valence-corrected chi connectivity index (χ3v) is 6.18. The van der Waals surface area contributed by atoms with E-state index < -0.39 is 0 Å². The number of rotatable bonds is 6. The standard InChI is InChI=1S/C26H24N4OS/c1-31-21-14-12-19(13-15-21)18-30-25(24(28-26(30)32)22-10-5-6-16-27-22)23-11-7-17-29(23)20-8-3-2-4-9-20/h2-17,24-25H,18H2,1H3,(H,28,32)/t24-,25-/m1/s1. The van der Waals surface area contributed by atoms with Gasteiger partial charge in [-0.15, -0.1) is 0 Å². The second-order valence-electron chi connectivity index (χ2n) is 7.74. The highest BCUT2D eigenvalue weighted by molar-refractivity contribution is 7.80. The number of thiocarbonyl (C=S) groups is 1. The summed E-state index contributed by atoms with van der Waals surface area (Å²) in [7, 11) is 1.68. The van der Waals surface area contributed by atoms with E-state index >= 15 is 0 Å². The number of hydrogen-bond acceptors (Lipinski definition) is 3. The Kier molecular flexibility index (Phi) is 5.60. The van der Waals surface area contributed by atoms with Crippen LogP contribution in [0.2, 0.25) is 0 Å². The average Bonchev–Trinajstić information content (AvgIpc) is 3.45. The lowest BCUT2D eigenvalue weighted by molar-refractivity contribution is 0.302. The van der Waals surface area contributed by atoms with E-state index in [9.17, 15) is 0 Å². The van der Waals surface area contributed by atoms with Crippen LogP contribution in [0, 0.1) is 0 Å². The van der Waals surface area contributed by atoms with Gasteiger partial charge in [0.15, 0.2) is 5.11 Å². The van der Waals surface area contributed by atoms with Gasteiger partial charge in [0.05, 0.1) is 24.9 Å². The zero-order valence-corrected chi connectivity index (χ0v) is 18.6. The molecule has 0 spiro atoms. The third kappa shape index (κ3) is 3.85. The van der Waals surface area contributed by atoms with Crippen molar-refractivity contribution in [2.75, 3.05) is 7.11 Å². The molecule has 0 aliphatic carbocycles. The average molecular weight is 441 g/mol. The molecule has 5 rings (SSSR count). The van der Waals surface area contributed by atoms with Crippen LogP contribution in [0.5, 0.6) is 5.75 Å². The first-order valence-electron chi connectivity index (χ1n) is 10.6. The molecule has 2 aromatic carbocycles. The second kappa shape index (κ2) is 8.85. The van der Waals surface area contributed by atoms with Crippen molar-refractivity contribution in [2.24, 2.45) is 0 Å². The fourth-order valence-corrected chi connectivity index (χ4v) is 4.59. The van der Waals surface area contributed by atoms with Gasteiger partial charge in [-0.3, -0.25) is 4.98 Å². The molecule has 0 unspecified atom stereocenters. The first-order chi connectivity index (χ1) is 15.7. The van der Waals surface area contributed by atoms with Gasteiger partial charge in [-0.05, 0) is 66.3 Å². The van der Waals surface area contributed by atoms with Crippen LogP contribution < -0.4 is 10.1 Å². The maximum atomic E-state index is 5.83. The minimum Gasteiger partial charge on any atom is -0.497 e. The van der Waals surface area contributed by atoms with Crippen LogP contribution in [0.3, 0.4) is 0 Å². The fraction of sp³-hybridized carbons (Fsp3) is 0.154. The lowest BCUT2D eigenvalue weighted by Crippen LogP contribution is -2.30. The predicted octanol–water partition coefficient (Wildman–Crippen LogP) is 5.05. The zero-order valence-electron chi connectivity index (χ0n) is 17.8. The molecule has 2 atom stereocenters. The summed E-state index contributed by atoms with van der Waals surface area (Å²) in [6.45, 7) is 0.684. The van der Waals surface area contributed by atoms with Gasteiger partial charge >= 0.3 is 0 Å². The number of hydrogen-bond donors (Lipinski definition) is 1. The second-order valence-corrected chi connectivity index (χ2v) is 8.13. The largest absolute Gasteiger partial charge is 0.497 e. The highest BCUT2D eigenvalue weighted by atomic mass is 32.1. The number of nitrogens with zero attached hydrogens (tertiary/aromatic N) is 3. The Bertz CT molecular complexity index is 1190. The lowest BCUT2D eigenvalue weighted by Gasteiger charge is -2.29. The van der Waals surface area contributed by atoms with Crippen molar-refractivity contribution in [3.8, 4) is 11.4 Å². The van der Waals surface area contributed by atoms with Crippen LogP contribution in [-0.2, 0) is 6.54 Å². The van der Waals surface area contributed by atoms with E-state index in [1.54, 1.807) is 7.11 Å². The molecular formula is C26H24N4OS. The van der Waals surface area contributed by atoms with Gasteiger partial charge in [0.1, 0.15) is 5.75 Å². The molecule has 3 heterocycles. The minimum atomic E-state index is -0.0562. The first kappa shape index (κ1) is 20.3. The van der Waals surface area contributed by atoms with Crippen molar-refractivity contribution in [1.82, 2.24) is 19.8 Å². The number of pyridine rings is 1. The highest BCUT2D eigenvalue weighted by Gasteiger charge is 2.41. The van der Waals surface area contributed by atoms with Crippen molar-refractivity contribution in [3.63, 3.8) is 0 Å².